The topological polar surface area (TPSA) is 108 Å². The lowest BCUT2D eigenvalue weighted by Crippen LogP contribution is -2.68. The van der Waals surface area contributed by atoms with Crippen molar-refractivity contribution in [1.29, 1.82) is 0 Å². The fraction of sp³-hybridized carbons (Fsp3) is 0.697. The van der Waals surface area contributed by atoms with Crippen LogP contribution in [0.4, 0.5) is 0 Å². The summed E-state index contributed by atoms with van der Waals surface area (Å²) in [4.78, 5) is 60.6. The maximum absolute atomic E-state index is 13.7. The number of carbonyl (C=O) groups is 4. The highest BCUT2D eigenvalue weighted by molar-refractivity contribution is 5.88. The van der Waals surface area contributed by atoms with Crippen molar-refractivity contribution < 1.29 is 38.2 Å². The van der Waals surface area contributed by atoms with Gasteiger partial charge in [-0.25, -0.2) is 4.79 Å². The predicted octanol–water partition coefficient (Wildman–Crippen LogP) is 5.65. The molecule has 0 spiro atoms. The summed E-state index contributed by atoms with van der Waals surface area (Å²) in [6.07, 6.45) is 1.47. The largest absolute Gasteiger partial charge is 0.469 e. The Balaban J connectivity index is 2.68. The first kappa shape index (κ1) is 35.4. The summed E-state index contributed by atoms with van der Waals surface area (Å²) in [5, 5.41) is 1.73. The zero-order valence-electron chi connectivity index (χ0n) is 26.9. The molecule has 1 saturated heterocycles. The molecule has 9 heteroatoms. The molecule has 1 aromatic carbocycles. The lowest BCUT2D eigenvalue weighted by molar-refractivity contribution is -0.321. The second-order valence-corrected chi connectivity index (χ2v) is 12.0. The molecule has 0 saturated carbocycles. The third-order valence-electron chi connectivity index (χ3n) is 9.31. The van der Waals surface area contributed by atoms with Crippen molar-refractivity contribution in [1.82, 2.24) is 5.06 Å². The molecule has 42 heavy (non-hydrogen) atoms. The summed E-state index contributed by atoms with van der Waals surface area (Å²) < 4.78 is 16.0. The highest BCUT2D eigenvalue weighted by Crippen LogP contribution is 2.45. The van der Waals surface area contributed by atoms with Crippen LogP contribution in [0.2, 0.25) is 0 Å². The third-order valence-corrected chi connectivity index (χ3v) is 9.31. The molecule has 2 rings (SSSR count). The van der Waals surface area contributed by atoms with Gasteiger partial charge < -0.3 is 14.2 Å². The number of Topliss-reactive ketones (excluding diaryl/α,β-unsaturated/α-hetero) is 1. The van der Waals surface area contributed by atoms with E-state index in [-0.39, 0.29) is 31.1 Å². The summed E-state index contributed by atoms with van der Waals surface area (Å²) in [7, 11) is 2.44. The number of hydrogen-bond donors (Lipinski definition) is 0. The minimum Gasteiger partial charge on any atom is -0.469 e. The Morgan fingerprint density at radius 3 is 2.12 bits per heavy atom. The van der Waals surface area contributed by atoms with E-state index in [1.165, 1.54) is 14.2 Å². The van der Waals surface area contributed by atoms with Gasteiger partial charge >= 0.3 is 17.9 Å². The first-order valence-corrected chi connectivity index (χ1v) is 15.2. The van der Waals surface area contributed by atoms with E-state index >= 15 is 0 Å². The summed E-state index contributed by atoms with van der Waals surface area (Å²) in [6, 6.07) is 9.64. The second kappa shape index (κ2) is 15.6. The van der Waals surface area contributed by atoms with E-state index in [0.29, 0.717) is 19.3 Å². The molecular weight excluding hydrogens is 538 g/mol. The van der Waals surface area contributed by atoms with Crippen LogP contribution in [0.5, 0.6) is 0 Å². The van der Waals surface area contributed by atoms with E-state index in [1.54, 1.807) is 5.06 Å². The van der Waals surface area contributed by atoms with Gasteiger partial charge in [-0.2, -0.15) is 5.06 Å². The highest BCUT2D eigenvalue weighted by atomic mass is 16.7. The number of esters is 3. The molecule has 0 aromatic heterocycles. The molecule has 0 bridgehead atoms. The molecule has 1 aliphatic rings. The van der Waals surface area contributed by atoms with Gasteiger partial charge in [-0.1, -0.05) is 71.4 Å². The van der Waals surface area contributed by atoms with Crippen LogP contribution in [0.1, 0.15) is 98.5 Å². The van der Waals surface area contributed by atoms with Gasteiger partial charge in [0.2, 0.25) is 0 Å². The number of ketones is 1. The van der Waals surface area contributed by atoms with Crippen molar-refractivity contribution in [3.8, 4) is 0 Å². The molecule has 7 atom stereocenters. The summed E-state index contributed by atoms with van der Waals surface area (Å²) >= 11 is 0. The zero-order valence-corrected chi connectivity index (χ0v) is 26.9. The summed E-state index contributed by atoms with van der Waals surface area (Å²) in [5.74, 6) is -5.07. The number of nitrogens with zero attached hydrogens (tertiary/aromatic N) is 1. The van der Waals surface area contributed by atoms with Gasteiger partial charge in [-0.05, 0) is 51.0 Å². The molecule has 1 aromatic rings. The summed E-state index contributed by atoms with van der Waals surface area (Å²) in [6.45, 7) is 13.8. The number of hydroxylamine groups is 2. The fourth-order valence-corrected chi connectivity index (χ4v) is 5.94. The van der Waals surface area contributed by atoms with Crippen LogP contribution in [0, 0.1) is 17.8 Å². The van der Waals surface area contributed by atoms with Gasteiger partial charge in [0.05, 0.1) is 37.8 Å². The molecule has 236 valence electrons. The van der Waals surface area contributed by atoms with Gasteiger partial charge in [-0.3, -0.25) is 19.2 Å². The van der Waals surface area contributed by atoms with Crippen LogP contribution in [-0.4, -0.2) is 66.8 Å². The Kier molecular flexibility index (Phi) is 13.2. The third kappa shape index (κ3) is 7.78. The number of benzene rings is 1. The Morgan fingerprint density at radius 2 is 1.60 bits per heavy atom. The van der Waals surface area contributed by atoms with Crippen LogP contribution >= 0.6 is 0 Å². The number of piperidine rings is 1. The number of unbranched alkanes of at least 4 members (excludes halogenated alkanes) is 1. The van der Waals surface area contributed by atoms with Crippen LogP contribution < -0.4 is 0 Å². The maximum atomic E-state index is 13.7. The van der Waals surface area contributed by atoms with E-state index in [9.17, 15) is 19.2 Å². The summed E-state index contributed by atoms with van der Waals surface area (Å²) in [5.41, 5.74) is -0.583. The molecule has 1 aliphatic heterocycles. The SMILES string of the molecule is CCCCOC(=O)C(CC(C)c1ccccc1)C(C(=O)OC)C(ON1C(C)(CC)CC(=O)C(C)C1(C)CC)C(=O)OC. The van der Waals surface area contributed by atoms with Crippen molar-refractivity contribution in [3.63, 3.8) is 0 Å². The van der Waals surface area contributed by atoms with Crippen molar-refractivity contribution in [2.75, 3.05) is 20.8 Å². The fourth-order valence-electron chi connectivity index (χ4n) is 5.94. The number of carbonyl (C=O) groups excluding carboxylic acids is 4. The van der Waals surface area contributed by atoms with Gasteiger partial charge in [0, 0.05) is 12.3 Å². The van der Waals surface area contributed by atoms with Crippen LogP contribution in [0.15, 0.2) is 30.3 Å². The molecule has 1 heterocycles. The quantitative estimate of drug-likeness (QED) is 0.146. The smallest absolute Gasteiger partial charge is 0.338 e. The van der Waals surface area contributed by atoms with Crippen molar-refractivity contribution in [2.45, 2.75) is 110 Å². The monoisotopic (exact) mass is 589 g/mol. The van der Waals surface area contributed by atoms with Crippen molar-refractivity contribution in [3.05, 3.63) is 35.9 Å². The molecule has 7 unspecified atom stereocenters. The normalized spacial score (nSPS) is 25.6. The van der Waals surface area contributed by atoms with Crippen molar-refractivity contribution >= 4 is 23.7 Å². The molecular formula is C33H51NO8. The van der Waals surface area contributed by atoms with Crippen LogP contribution in [-0.2, 0) is 38.2 Å². The number of ether oxygens (including phenoxy) is 3. The molecule has 9 nitrogen and oxygen atoms in total. The first-order valence-electron chi connectivity index (χ1n) is 15.2. The van der Waals surface area contributed by atoms with E-state index in [2.05, 4.69) is 0 Å². The molecule has 0 amide bonds. The molecule has 1 fully saturated rings. The maximum Gasteiger partial charge on any atom is 0.338 e. The van der Waals surface area contributed by atoms with Crippen LogP contribution in [0.3, 0.4) is 0 Å². The number of hydrogen-bond acceptors (Lipinski definition) is 9. The number of rotatable bonds is 15. The van der Waals surface area contributed by atoms with Gasteiger partial charge in [0.15, 0.2) is 6.10 Å². The van der Waals surface area contributed by atoms with Gasteiger partial charge in [0.25, 0.3) is 0 Å². The zero-order chi connectivity index (χ0) is 31.7. The molecule has 0 radical (unpaired) electrons. The average Bonchev–Trinajstić information content (AvgIpc) is 3.00. The second-order valence-electron chi connectivity index (χ2n) is 12.0. The molecule has 0 N–H and O–H groups in total. The standard InChI is InChI=1S/C33H51NO8/c1-10-13-19-41-29(36)25(20-22(4)24-17-15-14-16-18-24)27(30(37)39-8)28(31(38)40-9)42-34-32(6,11-2)21-26(35)23(5)33(34,7)12-3/h14-18,22-23,25,27-28H,10-13,19-21H2,1-9H3. The highest BCUT2D eigenvalue weighted by Gasteiger charge is 2.57. The first-order chi connectivity index (χ1) is 19.8. The van der Waals surface area contributed by atoms with E-state index in [1.807, 2.05) is 78.8 Å². The molecule has 0 aliphatic carbocycles. The van der Waals surface area contributed by atoms with Crippen molar-refractivity contribution in [2.24, 2.45) is 17.8 Å². The number of methoxy groups -OCH3 is 2. The van der Waals surface area contributed by atoms with E-state index in [0.717, 1.165) is 12.0 Å². The van der Waals surface area contributed by atoms with Crippen LogP contribution in [0.25, 0.3) is 0 Å². The van der Waals surface area contributed by atoms with Gasteiger partial charge in [0.1, 0.15) is 11.7 Å². The Bertz CT molecular complexity index is 1060. The minimum atomic E-state index is -1.52. The Hall–Kier alpha value is -2.78. The van der Waals surface area contributed by atoms with Gasteiger partial charge in [-0.15, -0.1) is 0 Å². The predicted molar refractivity (Wildman–Crippen MR) is 159 cm³/mol. The van der Waals surface area contributed by atoms with E-state index in [4.69, 9.17) is 19.0 Å². The Labute approximate surface area is 251 Å². The minimum absolute atomic E-state index is 0.108. The lowest BCUT2D eigenvalue weighted by Gasteiger charge is -2.56. The Morgan fingerprint density at radius 1 is 0.976 bits per heavy atom. The average molecular weight is 590 g/mol. The van der Waals surface area contributed by atoms with E-state index < -0.39 is 52.8 Å². The lowest BCUT2D eigenvalue weighted by atomic mass is 9.70.